The molecule has 1 atom stereocenters. The van der Waals surface area contributed by atoms with Gasteiger partial charge in [-0.15, -0.1) is 11.3 Å². The van der Waals surface area contributed by atoms with Crippen LogP contribution in [-0.4, -0.2) is 43.0 Å². The Morgan fingerprint density at radius 3 is 3.05 bits per heavy atom. The number of hydrogen-bond donors (Lipinski definition) is 2. The lowest BCUT2D eigenvalue weighted by Crippen LogP contribution is -2.32. The van der Waals surface area contributed by atoms with Crippen molar-refractivity contribution in [3.63, 3.8) is 0 Å². The third kappa shape index (κ3) is 4.57. The second-order valence-corrected chi connectivity index (χ2v) is 6.71. The van der Waals surface area contributed by atoms with E-state index in [1.165, 1.54) is 11.3 Å². The molecule has 5 heteroatoms. The van der Waals surface area contributed by atoms with Crippen LogP contribution in [0.4, 0.5) is 0 Å². The fourth-order valence-electron chi connectivity index (χ4n) is 2.49. The van der Waals surface area contributed by atoms with Gasteiger partial charge < -0.3 is 16.0 Å². The third-order valence-corrected chi connectivity index (χ3v) is 4.74. The SMILES string of the molecule is CC(C)N1CCC(CNC(=O)c2ccc(C#CCN)s2)C1. The van der Waals surface area contributed by atoms with Gasteiger partial charge in [0.1, 0.15) is 0 Å². The first-order valence-electron chi connectivity index (χ1n) is 7.41. The van der Waals surface area contributed by atoms with Crippen molar-refractivity contribution >= 4 is 17.2 Å². The van der Waals surface area contributed by atoms with Crippen molar-refractivity contribution in [1.82, 2.24) is 10.2 Å². The first kappa shape index (κ1) is 16.0. The van der Waals surface area contributed by atoms with E-state index in [4.69, 9.17) is 5.73 Å². The highest BCUT2D eigenvalue weighted by Crippen LogP contribution is 2.19. The van der Waals surface area contributed by atoms with E-state index in [1.54, 1.807) is 0 Å². The number of nitrogens with two attached hydrogens (primary N) is 1. The molecule has 1 fully saturated rings. The van der Waals surface area contributed by atoms with Crippen LogP contribution in [0.15, 0.2) is 12.1 Å². The molecule has 3 N–H and O–H groups in total. The van der Waals surface area contributed by atoms with Gasteiger partial charge >= 0.3 is 0 Å². The maximum absolute atomic E-state index is 12.1. The molecule has 114 valence electrons. The minimum absolute atomic E-state index is 0.00351. The molecule has 0 saturated carbocycles. The lowest BCUT2D eigenvalue weighted by atomic mass is 10.1. The molecule has 0 radical (unpaired) electrons. The summed E-state index contributed by atoms with van der Waals surface area (Å²) in [7, 11) is 0. The van der Waals surface area contributed by atoms with Gasteiger partial charge in [-0.25, -0.2) is 0 Å². The molecule has 21 heavy (non-hydrogen) atoms. The zero-order chi connectivity index (χ0) is 15.2. The van der Waals surface area contributed by atoms with Crippen molar-refractivity contribution in [3.8, 4) is 11.8 Å². The van der Waals surface area contributed by atoms with Crippen LogP contribution in [-0.2, 0) is 0 Å². The van der Waals surface area contributed by atoms with Crippen LogP contribution in [0.1, 0.15) is 34.8 Å². The van der Waals surface area contributed by atoms with Crippen molar-refractivity contribution < 1.29 is 4.79 Å². The van der Waals surface area contributed by atoms with Crippen LogP contribution in [0.3, 0.4) is 0 Å². The second kappa shape index (κ2) is 7.60. The zero-order valence-electron chi connectivity index (χ0n) is 12.7. The predicted octanol–water partition coefficient (Wildman–Crippen LogP) is 1.52. The van der Waals surface area contributed by atoms with Crippen LogP contribution < -0.4 is 11.1 Å². The van der Waals surface area contributed by atoms with Gasteiger partial charge in [-0.1, -0.05) is 11.8 Å². The molecule has 0 aliphatic carbocycles. The molecule has 1 aliphatic rings. The molecule has 1 saturated heterocycles. The zero-order valence-corrected chi connectivity index (χ0v) is 13.5. The first-order valence-corrected chi connectivity index (χ1v) is 8.23. The van der Waals surface area contributed by atoms with Crippen LogP contribution in [0.2, 0.25) is 0 Å². The van der Waals surface area contributed by atoms with E-state index in [0.717, 1.165) is 35.8 Å². The summed E-state index contributed by atoms with van der Waals surface area (Å²) in [6.45, 7) is 7.75. The quantitative estimate of drug-likeness (QED) is 0.829. The molecule has 1 amide bonds. The number of nitrogens with one attached hydrogen (secondary N) is 1. The molecule has 2 rings (SSSR count). The molecule has 0 spiro atoms. The van der Waals surface area contributed by atoms with Crippen LogP contribution in [0.5, 0.6) is 0 Å². The largest absolute Gasteiger partial charge is 0.351 e. The van der Waals surface area contributed by atoms with Crippen molar-refractivity contribution in [2.24, 2.45) is 11.7 Å². The first-order chi connectivity index (χ1) is 10.1. The lowest BCUT2D eigenvalue weighted by molar-refractivity contribution is 0.0951. The van der Waals surface area contributed by atoms with Gasteiger partial charge in [-0.05, 0) is 44.9 Å². The van der Waals surface area contributed by atoms with Gasteiger partial charge in [0.05, 0.1) is 16.3 Å². The summed E-state index contributed by atoms with van der Waals surface area (Å²) in [5.74, 6) is 6.32. The predicted molar refractivity (Wildman–Crippen MR) is 87.4 cm³/mol. The molecule has 4 nitrogen and oxygen atoms in total. The minimum atomic E-state index is 0.00351. The molecule has 0 aromatic carbocycles. The average molecular weight is 305 g/mol. The summed E-state index contributed by atoms with van der Waals surface area (Å²) in [5.41, 5.74) is 5.34. The fourth-order valence-corrected chi connectivity index (χ4v) is 3.28. The molecule has 2 heterocycles. The fraction of sp³-hybridized carbons (Fsp3) is 0.562. The monoisotopic (exact) mass is 305 g/mol. The number of amides is 1. The Hall–Kier alpha value is -1.35. The Kier molecular flexibility index (Phi) is 5.80. The van der Waals surface area contributed by atoms with Crippen LogP contribution in [0.25, 0.3) is 0 Å². The smallest absolute Gasteiger partial charge is 0.261 e. The van der Waals surface area contributed by atoms with Crippen molar-refractivity contribution in [2.45, 2.75) is 26.3 Å². The summed E-state index contributed by atoms with van der Waals surface area (Å²) in [6.07, 6.45) is 1.16. The van der Waals surface area contributed by atoms with E-state index in [1.807, 2.05) is 12.1 Å². The molecule has 1 aliphatic heterocycles. The number of hydrogen-bond acceptors (Lipinski definition) is 4. The summed E-state index contributed by atoms with van der Waals surface area (Å²) >= 11 is 1.42. The van der Waals surface area contributed by atoms with Crippen LogP contribution in [0, 0.1) is 17.8 Å². The Morgan fingerprint density at radius 1 is 1.57 bits per heavy atom. The standard InChI is InChI=1S/C16H23N3OS/c1-12(2)19-9-7-13(11-19)10-18-16(20)15-6-5-14(21-15)4-3-8-17/h5-6,12-13H,7-11,17H2,1-2H3,(H,18,20). The average Bonchev–Trinajstić information content (AvgIpc) is 3.11. The maximum atomic E-state index is 12.1. The number of nitrogens with zero attached hydrogens (tertiary/aromatic N) is 1. The number of likely N-dealkylation sites (tertiary alicyclic amines) is 1. The Bertz CT molecular complexity index is 541. The van der Waals surface area contributed by atoms with E-state index in [9.17, 15) is 4.79 Å². The highest BCUT2D eigenvalue weighted by molar-refractivity contribution is 7.14. The van der Waals surface area contributed by atoms with E-state index in [2.05, 4.69) is 35.9 Å². The summed E-state index contributed by atoms with van der Waals surface area (Å²) in [6, 6.07) is 4.29. The van der Waals surface area contributed by atoms with Crippen molar-refractivity contribution in [2.75, 3.05) is 26.2 Å². The van der Waals surface area contributed by atoms with Gasteiger partial charge in [0, 0.05) is 19.1 Å². The Balaban J connectivity index is 1.81. The second-order valence-electron chi connectivity index (χ2n) is 5.62. The molecule has 0 bridgehead atoms. The Labute approximate surface area is 130 Å². The highest BCUT2D eigenvalue weighted by Gasteiger charge is 2.24. The van der Waals surface area contributed by atoms with Gasteiger partial charge in [0.2, 0.25) is 0 Å². The van der Waals surface area contributed by atoms with E-state index in [-0.39, 0.29) is 5.91 Å². The minimum Gasteiger partial charge on any atom is -0.351 e. The number of carbonyl (C=O) groups excluding carboxylic acids is 1. The lowest BCUT2D eigenvalue weighted by Gasteiger charge is -2.20. The molecular formula is C16H23N3OS. The van der Waals surface area contributed by atoms with Crippen LogP contribution >= 0.6 is 11.3 Å². The molecule has 1 unspecified atom stereocenters. The van der Waals surface area contributed by atoms with Gasteiger partial charge in [-0.2, -0.15) is 0 Å². The van der Waals surface area contributed by atoms with Gasteiger partial charge in [0.15, 0.2) is 0 Å². The van der Waals surface area contributed by atoms with E-state index >= 15 is 0 Å². The van der Waals surface area contributed by atoms with Gasteiger partial charge in [-0.3, -0.25) is 4.79 Å². The number of thiophene rings is 1. The topological polar surface area (TPSA) is 58.4 Å². The molecular weight excluding hydrogens is 282 g/mol. The summed E-state index contributed by atoms with van der Waals surface area (Å²) in [5, 5.41) is 3.04. The molecule has 1 aromatic heterocycles. The summed E-state index contributed by atoms with van der Waals surface area (Å²) in [4.78, 5) is 16.2. The number of carbonyl (C=O) groups is 1. The number of rotatable bonds is 4. The van der Waals surface area contributed by atoms with E-state index in [0.29, 0.717) is 18.5 Å². The van der Waals surface area contributed by atoms with E-state index < -0.39 is 0 Å². The van der Waals surface area contributed by atoms with Gasteiger partial charge in [0.25, 0.3) is 5.91 Å². The highest BCUT2D eigenvalue weighted by atomic mass is 32.1. The summed E-state index contributed by atoms with van der Waals surface area (Å²) < 4.78 is 0. The van der Waals surface area contributed by atoms with Crippen molar-refractivity contribution in [3.05, 3.63) is 21.9 Å². The maximum Gasteiger partial charge on any atom is 0.261 e. The van der Waals surface area contributed by atoms with Crippen molar-refractivity contribution in [1.29, 1.82) is 0 Å². The normalized spacial score (nSPS) is 18.6. The Morgan fingerprint density at radius 2 is 2.38 bits per heavy atom. The molecule has 1 aromatic rings. The third-order valence-electron chi connectivity index (χ3n) is 3.74.